The summed E-state index contributed by atoms with van der Waals surface area (Å²) in [6.07, 6.45) is 1.54. The minimum atomic E-state index is -0.322. The number of carbonyl (C=O) groups excluding carboxylic acids is 1. The molecule has 0 spiro atoms. The molecule has 0 aromatic heterocycles. The van der Waals surface area contributed by atoms with Crippen LogP contribution in [0.15, 0.2) is 72.8 Å². The molecule has 1 N–H and O–H groups in total. The number of nitrogens with one attached hydrogen (secondary N) is 1. The smallest absolute Gasteiger partial charge is 0.249 e. The largest absolute Gasteiger partial charge is 0.486 e. The topological polar surface area (TPSA) is 47.6 Å². The fourth-order valence-corrected chi connectivity index (χ4v) is 3.54. The lowest BCUT2D eigenvalue weighted by Crippen LogP contribution is -2.16. The number of fused-ring (bicyclic) bond motifs is 1. The lowest BCUT2D eigenvalue weighted by atomic mass is 9.85. The highest BCUT2D eigenvalue weighted by atomic mass is 19.1. The molecule has 0 fully saturated rings. The molecule has 164 valence electrons. The van der Waals surface area contributed by atoms with Gasteiger partial charge in [-0.2, -0.15) is 0 Å². The first-order valence-corrected chi connectivity index (χ1v) is 10.6. The molecule has 1 amide bonds. The Labute approximate surface area is 187 Å². The minimum absolute atomic E-state index is 0.0217. The van der Waals surface area contributed by atoms with E-state index in [0.29, 0.717) is 36.0 Å². The number of anilines is 1. The summed E-state index contributed by atoms with van der Waals surface area (Å²) in [5, 5.41) is 2.88. The molecule has 0 saturated carbocycles. The second kappa shape index (κ2) is 8.87. The van der Waals surface area contributed by atoms with Crippen molar-refractivity contribution in [3.05, 3.63) is 95.3 Å². The summed E-state index contributed by atoms with van der Waals surface area (Å²) in [4.78, 5) is 12.9. The Bertz CT molecular complexity index is 1140. The zero-order valence-corrected chi connectivity index (χ0v) is 18.4. The molecule has 0 aliphatic carbocycles. The summed E-state index contributed by atoms with van der Waals surface area (Å²) < 4.78 is 24.6. The fraction of sp³-hybridized carbons (Fsp3) is 0.222. The first-order valence-electron chi connectivity index (χ1n) is 10.6. The highest BCUT2D eigenvalue weighted by Crippen LogP contribution is 2.33. The van der Waals surface area contributed by atoms with Gasteiger partial charge in [-0.25, -0.2) is 4.39 Å². The molecule has 4 nitrogen and oxygen atoms in total. The summed E-state index contributed by atoms with van der Waals surface area (Å²) in [5.41, 5.74) is 4.17. The van der Waals surface area contributed by atoms with Crippen LogP contribution in [0.3, 0.4) is 0 Å². The van der Waals surface area contributed by atoms with Crippen molar-refractivity contribution >= 4 is 17.2 Å². The van der Waals surface area contributed by atoms with E-state index < -0.39 is 0 Å². The Morgan fingerprint density at radius 2 is 1.47 bits per heavy atom. The van der Waals surface area contributed by atoms with Crippen LogP contribution in [0.2, 0.25) is 0 Å². The maximum absolute atomic E-state index is 13.5. The van der Waals surface area contributed by atoms with Gasteiger partial charge in [0, 0.05) is 17.8 Å². The van der Waals surface area contributed by atoms with E-state index in [1.807, 2.05) is 12.1 Å². The van der Waals surface area contributed by atoms with Crippen LogP contribution in [0.1, 0.15) is 37.5 Å². The lowest BCUT2D eigenvalue weighted by molar-refractivity contribution is -0.111. The average Bonchev–Trinajstić information content (AvgIpc) is 2.78. The van der Waals surface area contributed by atoms with Gasteiger partial charge in [0.2, 0.25) is 5.91 Å². The van der Waals surface area contributed by atoms with Crippen LogP contribution < -0.4 is 14.8 Å². The van der Waals surface area contributed by atoms with E-state index in [4.69, 9.17) is 9.47 Å². The first kappa shape index (κ1) is 21.6. The van der Waals surface area contributed by atoms with Gasteiger partial charge in [0.25, 0.3) is 0 Å². The number of hydrogen-bond acceptors (Lipinski definition) is 3. The van der Waals surface area contributed by atoms with Gasteiger partial charge in [-0.3, -0.25) is 4.79 Å². The van der Waals surface area contributed by atoms with Crippen molar-refractivity contribution in [2.75, 3.05) is 18.5 Å². The third kappa shape index (κ3) is 4.99. The number of benzene rings is 3. The number of rotatable bonds is 4. The monoisotopic (exact) mass is 431 g/mol. The van der Waals surface area contributed by atoms with Crippen LogP contribution in [0.4, 0.5) is 10.1 Å². The summed E-state index contributed by atoms with van der Waals surface area (Å²) in [5.74, 6) is 0.656. The van der Waals surface area contributed by atoms with Crippen LogP contribution in [0.5, 0.6) is 11.5 Å². The van der Waals surface area contributed by atoms with Crippen LogP contribution in [0, 0.1) is 5.82 Å². The van der Waals surface area contributed by atoms with Gasteiger partial charge < -0.3 is 14.8 Å². The van der Waals surface area contributed by atoms with E-state index in [0.717, 1.165) is 11.1 Å². The van der Waals surface area contributed by atoms with E-state index in [2.05, 4.69) is 38.2 Å². The van der Waals surface area contributed by atoms with E-state index in [-0.39, 0.29) is 17.1 Å². The van der Waals surface area contributed by atoms with Crippen molar-refractivity contribution in [3.63, 3.8) is 0 Å². The molecule has 1 heterocycles. The zero-order chi connectivity index (χ0) is 22.7. The number of carbonyl (C=O) groups is 1. The third-order valence-electron chi connectivity index (χ3n) is 5.30. The predicted octanol–water partition coefficient (Wildman–Crippen LogP) is 5.96. The van der Waals surface area contributed by atoms with Crippen molar-refractivity contribution < 1.29 is 18.7 Å². The number of ether oxygens (including phenoxy) is 2. The minimum Gasteiger partial charge on any atom is -0.486 e. The second-order valence-electron chi connectivity index (χ2n) is 8.74. The molecular weight excluding hydrogens is 405 g/mol. The van der Waals surface area contributed by atoms with E-state index in [9.17, 15) is 9.18 Å². The van der Waals surface area contributed by atoms with Gasteiger partial charge in [0.15, 0.2) is 11.5 Å². The summed E-state index contributed by atoms with van der Waals surface area (Å²) in [6, 6.07) is 19.5. The SMILES string of the molecule is CC(C)(C)c1ccc(/C(=C/C(=O)Nc2ccc3c(c2)OCCO3)c2ccc(F)cc2)cc1. The molecule has 3 aromatic carbocycles. The van der Waals surface area contributed by atoms with Gasteiger partial charge >= 0.3 is 0 Å². The maximum Gasteiger partial charge on any atom is 0.249 e. The Hall–Kier alpha value is -3.60. The fourth-order valence-electron chi connectivity index (χ4n) is 3.54. The molecule has 32 heavy (non-hydrogen) atoms. The van der Waals surface area contributed by atoms with Gasteiger partial charge in [-0.05, 0) is 51.9 Å². The van der Waals surface area contributed by atoms with Gasteiger partial charge in [-0.1, -0.05) is 57.2 Å². The molecule has 0 saturated heterocycles. The quantitative estimate of drug-likeness (QED) is 0.518. The van der Waals surface area contributed by atoms with Gasteiger partial charge in [0.1, 0.15) is 19.0 Å². The molecule has 1 aliphatic heterocycles. The lowest BCUT2D eigenvalue weighted by Gasteiger charge is -2.20. The average molecular weight is 432 g/mol. The van der Waals surface area contributed by atoms with E-state index in [1.165, 1.54) is 23.8 Å². The number of amides is 1. The predicted molar refractivity (Wildman–Crippen MR) is 125 cm³/mol. The Kier molecular flexibility index (Phi) is 5.99. The van der Waals surface area contributed by atoms with Gasteiger partial charge in [0.05, 0.1) is 0 Å². The molecule has 0 radical (unpaired) electrons. The van der Waals surface area contributed by atoms with Crippen molar-refractivity contribution in [2.45, 2.75) is 26.2 Å². The Balaban J connectivity index is 1.64. The Morgan fingerprint density at radius 3 is 2.09 bits per heavy atom. The zero-order valence-electron chi connectivity index (χ0n) is 18.4. The summed E-state index contributed by atoms with van der Waals surface area (Å²) >= 11 is 0. The van der Waals surface area contributed by atoms with E-state index in [1.54, 1.807) is 30.3 Å². The maximum atomic E-state index is 13.5. The molecule has 0 atom stereocenters. The summed E-state index contributed by atoms with van der Waals surface area (Å²) in [6.45, 7) is 7.44. The highest BCUT2D eigenvalue weighted by molar-refractivity contribution is 6.06. The molecule has 5 heteroatoms. The Morgan fingerprint density at radius 1 is 0.875 bits per heavy atom. The molecular formula is C27H26FNO3. The highest BCUT2D eigenvalue weighted by Gasteiger charge is 2.16. The van der Waals surface area contributed by atoms with Crippen molar-refractivity contribution in [3.8, 4) is 11.5 Å². The standard InChI is InChI=1S/C27H26FNO3/c1-27(2,3)20-8-4-18(5-9-20)23(19-6-10-21(28)11-7-19)17-26(30)29-22-12-13-24-25(16-22)32-15-14-31-24/h4-13,16-17H,14-15H2,1-3H3,(H,29,30)/b23-17-. The van der Waals surface area contributed by atoms with Crippen molar-refractivity contribution in [1.29, 1.82) is 0 Å². The van der Waals surface area contributed by atoms with Gasteiger partial charge in [-0.15, -0.1) is 0 Å². The van der Waals surface area contributed by atoms with Crippen LogP contribution in [-0.2, 0) is 10.2 Å². The van der Waals surface area contributed by atoms with Crippen LogP contribution in [-0.4, -0.2) is 19.1 Å². The normalized spacial score (nSPS) is 13.6. The van der Waals surface area contributed by atoms with Crippen molar-refractivity contribution in [1.82, 2.24) is 0 Å². The molecule has 0 unspecified atom stereocenters. The molecule has 3 aromatic rings. The second-order valence-corrected chi connectivity index (χ2v) is 8.74. The van der Waals surface area contributed by atoms with Crippen molar-refractivity contribution in [2.24, 2.45) is 0 Å². The third-order valence-corrected chi connectivity index (χ3v) is 5.30. The van der Waals surface area contributed by atoms with Crippen LogP contribution >= 0.6 is 0 Å². The number of halogens is 1. The molecule has 0 bridgehead atoms. The summed E-state index contributed by atoms with van der Waals surface area (Å²) in [7, 11) is 0. The molecule has 1 aliphatic rings. The van der Waals surface area contributed by atoms with Crippen LogP contribution in [0.25, 0.3) is 5.57 Å². The first-order chi connectivity index (χ1) is 15.3. The van der Waals surface area contributed by atoms with E-state index >= 15 is 0 Å². The number of hydrogen-bond donors (Lipinski definition) is 1. The molecule has 4 rings (SSSR count).